The number of hydrogen-bond acceptors (Lipinski definition) is 4. The molecular weight excluding hydrogens is 224 g/mol. The van der Waals surface area contributed by atoms with Gasteiger partial charge in [-0.2, -0.15) is 0 Å². The number of ether oxygens (including phenoxy) is 2. The van der Waals surface area contributed by atoms with Gasteiger partial charge in [0.2, 0.25) is 0 Å². The molecule has 0 aromatic heterocycles. The fraction of sp³-hybridized carbons (Fsp3) is 0.417. The third-order valence-corrected chi connectivity index (χ3v) is 2.07. The van der Waals surface area contributed by atoms with Crippen LogP contribution < -0.4 is 4.74 Å². The lowest BCUT2D eigenvalue weighted by Crippen LogP contribution is -2.17. The van der Waals surface area contributed by atoms with E-state index < -0.39 is 12.1 Å². The van der Waals surface area contributed by atoms with Gasteiger partial charge in [-0.3, -0.25) is 0 Å². The molecule has 1 unspecified atom stereocenters. The molecule has 0 amide bonds. The molecule has 0 heterocycles. The van der Waals surface area contributed by atoms with E-state index in [4.69, 9.17) is 19.7 Å². The quantitative estimate of drug-likeness (QED) is 0.749. The number of carboxylic acid groups (broad SMARTS) is 1. The maximum absolute atomic E-state index is 11.0. The average molecular weight is 240 g/mol. The van der Waals surface area contributed by atoms with Gasteiger partial charge in [0.1, 0.15) is 5.75 Å². The van der Waals surface area contributed by atoms with Crippen LogP contribution in [0.3, 0.4) is 0 Å². The van der Waals surface area contributed by atoms with E-state index in [1.807, 2.05) is 6.92 Å². The normalized spacial score (nSPS) is 12.1. The van der Waals surface area contributed by atoms with Gasteiger partial charge in [-0.05, 0) is 24.6 Å². The van der Waals surface area contributed by atoms with Crippen LogP contribution in [0.15, 0.2) is 24.3 Å². The summed E-state index contributed by atoms with van der Waals surface area (Å²) >= 11 is 0. The van der Waals surface area contributed by atoms with Crippen molar-refractivity contribution in [3.63, 3.8) is 0 Å². The van der Waals surface area contributed by atoms with E-state index in [1.165, 1.54) is 0 Å². The zero-order valence-corrected chi connectivity index (χ0v) is 9.63. The van der Waals surface area contributed by atoms with Gasteiger partial charge in [0, 0.05) is 0 Å². The highest BCUT2D eigenvalue weighted by molar-refractivity contribution is 5.74. The van der Waals surface area contributed by atoms with Crippen molar-refractivity contribution < 1.29 is 24.5 Å². The number of carboxylic acids is 1. The summed E-state index contributed by atoms with van der Waals surface area (Å²) in [6.45, 7) is 2.13. The minimum Gasteiger partial charge on any atom is -0.494 e. The lowest BCUT2D eigenvalue weighted by molar-refractivity contribution is -0.151. The predicted octanol–water partition coefficient (Wildman–Crippen LogP) is 1.22. The van der Waals surface area contributed by atoms with Crippen LogP contribution in [0.25, 0.3) is 0 Å². The Morgan fingerprint density at radius 3 is 2.82 bits per heavy atom. The molecule has 0 fully saturated rings. The zero-order chi connectivity index (χ0) is 12.7. The first-order valence-electron chi connectivity index (χ1n) is 5.37. The topological polar surface area (TPSA) is 76.0 Å². The van der Waals surface area contributed by atoms with Crippen molar-refractivity contribution in [3.8, 4) is 5.75 Å². The average Bonchev–Trinajstić information content (AvgIpc) is 2.30. The van der Waals surface area contributed by atoms with E-state index >= 15 is 0 Å². The maximum Gasteiger partial charge on any atom is 0.337 e. The zero-order valence-electron chi connectivity index (χ0n) is 9.63. The molecule has 0 aliphatic rings. The highest BCUT2D eigenvalue weighted by atomic mass is 16.5. The number of aliphatic carboxylic acids is 1. The summed E-state index contributed by atoms with van der Waals surface area (Å²) in [6, 6.07) is 6.73. The number of rotatable bonds is 7. The van der Waals surface area contributed by atoms with Gasteiger partial charge in [-0.1, -0.05) is 12.1 Å². The minimum atomic E-state index is -1.09. The first-order chi connectivity index (χ1) is 8.19. The Morgan fingerprint density at radius 2 is 2.24 bits per heavy atom. The summed E-state index contributed by atoms with van der Waals surface area (Å²) < 4.78 is 10.3. The molecule has 1 rings (SSSR count). The number of aliphatic hydroxyl groups excluding tert-OH is 1. The molecule has 1 aromatic rings. The Kier molecular flexibility index (Phi) is 5.45. The highest BCUT2D eigenvalue weighted by Gasteiger charge is 2.20. The number of aliphatic hydroxyl groups is 1. The molecule has 2 N–H and O–H groups in total. The second-order valence-corrected chi connectivity index (χ2v) is 3.32. The molecule has 94 valence electrons. The van der Waals surface area contributed by atoms with Crippen molar-refractivity contribution in [3.05, 3.63) is 29.8 Å². The molecule has 0 aliphatic heterocycles. The first kappa shape index (κ1) is 13.5. The van der Waals surface area contributed by atoms with Crippen LogP contribution in [0.2, 0.25) is 0 Å². The van der Waals surface area contributed by atoms with E-state index in [2.05, 4.69) is 0 Å². The molecule has 0 spiro atoms. The third kappa shape index (κ3) is 4.05. The van der Waals surface area contributed by atoms with E-state index in [-0.39, 0.29) is 13.2 Å². The van der Waals surface area contributed by atoms with Crippen LogP contribution in [0.1, 0.15) is 18.6 Å². The molecule has 0 saturated heterocycles. The number of carbonyl (C=O) groups is 1. The summed E-state index contributed by atoms with van der Waals surface area (Å²) in [7, 11) is 0. The summed E-state index contributed by atoms with van der Waals surface area (Å²) in [6.07, 6.45) is -1.08. The lowest BCUT2D eigenvalue weighted by Gasteiger charge is -2.14. The van der Waals surface area contributed by atoms with Crippen LogP contribution in [0, 0.1) is 0 Å². The van der Waals surface area contributed by atoms with E-state index in [1.54, 1.807) is 24.3 Å². The fourth-order valence-corrected chi connectivity index (χ4v) is 1.41. The molecular formula is C12H16O5. The predicted molar refractivity (Wildman–Crippen MR) is 61.0 cm³/mol. The van der Waals surface area contributed by atoms with Crippen molar-refractivity contribution in [1.82, 2.24) is 0 Å². The van der Waals surface area contributed by atoms with Gasteiger partial charge in [0.15, 0.2) is 6.10 Å². The van der Waals surface area contributed by atoms with Gasteiger partial charge in [-0.25, -0.2) is 4.79 Å². The van der Waals surface area contributed by atoms with Gasteiger partial charge >= 0.3 is 5.97 Å². The van der Waals surface area contributed by atoms with Crippen molar-refractivity contribution >= 4 is 5.97 Å². The molecule has 5 heteroatoms. The Hall–Kier alpha value is -1.59. The van der Waals surface area contributed by atoms with Crippen molar-refractivity contribution in [2.24, 2.45) is 0 Å². The Balaban J connectivity index is 2.85. The third-order valence-electron chi connectivity index (χ3n) is 2.07. The van der Waals surface area contributed by atoms with Crippen LogP contribution >= 0.6 is 0 Å². The molecule has 1 atom stereocenters. The summed E-state index contributed by atoms with van der Waals surface area (Å²) in [5.74, 6) is -0.490. The first-order valence-corrected chi connectivity index (χ1v) is 5.37. The van der Waals surface area contributed by atoms with Gasteiger partial charge in [-0.15, -0.1) is 0 Å². The van der Waals surface area contributed by atoms with Crippen molar-refractivity contribution in [1.29, 1.82) is 0 Å². The van der Waals surface area contributed by atoms with E-state index in [9.17, 15) is 4.79 Å². The molecule has 0 aliphatic carbocycles. The Morgan fingerprint density at radius 1 is 1.47 bits per heavy atom. The Labute approximate surface area is 99.6 Å². The van der Waals surface area contributed by atoms with Crippen molar-refractivity contribution in [2.45, 2.75) is 13.0 Å². The van der Waals surface area contributed by atoms with Gasteiger partial charge in [0.25, 0.3) is 0 Å². The summed E-state index contributed by atoms with van der Waals surface area (Å²) in [4.78, 5) is 11.0. The second kappa shape index (κ2) is 6.88. The van der Waals surface area contributed by atoms with Crippen LogP contribution in [0.5, 0.6) is 5.75 Å². The standard InChI is InChI=1S/C12H16O5/c1-2-16-10-5-3-4-9(8-10)11(12(14)15)17-7-6-13/h3-5,8,11,13H,2,6-7H2,1H3,(H,14,15). The largest absolute Gasteiger partial charge is 0.494 e. The monoisotopic (exact) mass is 240 g/mol. The highest BCUT2D eigenvalue weighted by Crippen LogP contribution is 2.22. The lowest BCUT2D eigenvalue weighted by atomic mass is 10.1. The molecule has 1 aromatic carbocycles. The van der Waals surface area contributed by atoms with Crippen LogP contribution in [-0.4, -0.2) is 36.0 Å². The molecule has 0 saturated carbocycles. The van der Waals surface area contributed by atoms with Crippen LogP contribution in [-0.2, 0) is 9.53 Å². The number of hydrogen-bond donors (Lipinski definition) is 2. The molecule has 17 heavy (non-hydrogen) atoms. The smallest absolute Gasteiger partial charge is 0.337 e. The van der Waals surface area contributed by atoms with Crippen LogP contribution in [0.4, 0.5) is 0 Å². The van der Waals surface area contributed by atoms with Crippen molar-refractivity contribution in [2.75, 3.05) is 19.8 Å². The molecule has 0 bridgehead atoms. The SMILES string of the molecule is CCOc1cccc(C(OCCO)C(=O)O)c1. The Bertz CT molecular complexity index is 364. The second-order valence-electron chi connectivity index (χ2n) is 3.32. The van der Waals surface area contributed by atoms with E-state index in [0.29, 0.717) is 17.9 Å². The summed E-state index contributed by atoms with van der Waals surface area (Å²) in [5.41, 5.74) is 0.497. The maximum atomic E-state index is 11.0. The fourth-order valence-electron chi connectivity index (χ4n) is 1.41. The molecule has 0 radical (unpaired) electrons. The van der Waals surface area contributed by atoms with Gasteiger partial charge in [0.05, 0.1) is 19.8 Å². The summed E-state index contributed by atoms with van der Waals surface area (Å²) in [5, 5.41) is 17.7. The minimum absolute atomic E-state index is 0.0180. The molecule has 5 nitrogen and oxygen atoms in total. The van der Waals surface area contributed by atoms with Gasteiger partial charge < -0.3 is 19.7 Å². The van der Waals surface area contributed by atoms with E-state index in [0.717, 1.165) is 0 Å². The number of benzene rings is 1.